The van der Waals surface area contributed by atoms with E-state index in [9.17, 15) is 5.48 Å². The molecule has 1 heteroatoms. The maximum atomic E-state index is 9.68. The minimum atomic E-state index is -0.189. The summed E-state index contributed by atoms with van der Waals surface area (Å²) in [6.45, 7) is 4.60. The van der Waals surface area contributed by atoms with Crippen LogP contribution in [0.15, 0.2) is 212 Å². The van der Waals surface area contributed by atoms with Gasteiger partial charge in [-0.15, -0.1) is 0 Å². The van der Waals surface area contributed by atoms with Crippen LogP contribution >= 0.6 is 0 Å². The summed E-state index contributed by atoms with van der Waals surface area (Å²) in [7, 11) is 0. The highest BCUT2D eigenvalue weighted by atomic mass is 15.1. The maximum absolute atomic E-state index is 9.68. The van der Waals surface area contributed by atoms with Crippen molar-refractivity contribution in [1.29, 1.82) is 0 Å². The molecule has 1 nitrogen and oxygen atoms in total. The lowest BCUT2D eigenvalue weighted by Crippen LogP contribution is -2.16. The van der Waals surface area contributed by atoms with Crippen LogP contribution in [-0.4, -0.2) is 0 Å². The van der Waals surface area contributed by atoms with Crippen molar-refractivity contribution in [2.45, 2.75) is 19.3 Å². The van der Waals surface area contributed by atoms with E-state index >= 15 is 0 Å². The lowest BCUT2D eigenvalue weighted by Gasteiger charge is -2.27. The van der Waals surface area contributed by atoms with Crippen molar-refractivity contribution >= 4 is 49.4 Å². The molecule has 10 aromatic rings. The molecule has 0 saturated carbocycles. The van der Waals surface area contributed by atoms with Gasteiger partial charge in [0, 0.05) is 22.5 Å². The number of nitrogens with zero attached hydrogens (tertiary/aromatic N) is 1. The Morgan fingerprint density at radius 3 is 1.81 bits per heavy atom. The molecule has 0 bridgehead atoms. The Morgan fingerprint density at radius 1 is 0.362 bits per heavy atom. The van der Waals surface area contributed by atoms with E-state index in [1.54, 1.807) is 0 Å². The van der Waals surface area contributed by atoms with Crippen LogP contribution in [0.4, 0.5) is 17.1 Å². The number of anilines is 3. The van der Waals surface area contributed by atoms with Gasteiger partial charge in [-0.3, -0.25) is 0 Å². The van der Waals surface area contributed by atoms with E-state index in [4.69, 9.17) is 0 Å². The van der Waals surface area contributed by atoms with Gasteiger partial charge in [-0.25, -0.2) is 0 Å². The minimum Gasteiger partial charge on any atom is -0.310 e. The zero-order chi connectivity index (χ0) is 42.3. The number of hydrogen-bond acceptors (Lipinski definition) is 1. The highest BCUT2D eigenvalue weighted by Gasteiger charge is 2.37. The smallest absolute Gasteiger partial charge is 0.0645 e. The zero-order valence-corrected chi connectivity index (χ0v) is 32.3. The third kappa shape index (κ3) is 5.54. The van der Waals surface area contributed by atoms with Gasteiger partial charge < -0.3 is 4.90 Å². The molecule has 10 aromatic carbocycles. The van der Waals surface area contributed by atoms with Crippen molar-refractivity contribution in [3.05, 3.63) is 223 Å². The van der Waals surface area contributed by atoms with E-state index < -0.39 is 0 Å². The summed E-state index contributed by atoms with van der Waals surface area (Å²) >= 11 is 0. The fraction of sp³-hybridized carbons (Fsp3) is 0.0526. The lowest BCUT2D eigenvalue weighted by atomic mass is 9.79. The quantitative estimate of drug-likeness (QED) is 0.153. The van der Waals surface area contributed by atoms with Crippen LogP contribution in [0, 0.1) is 0 Å². The Balaban J connectivity index is 1.08. The molecule has 0 amide bonds. The molecule has 0 spiro atoms. The normalized spacial score (nSPS) is 13.8. The fourth-order valence-electron chi connectivity index (χ4n) is 9.31. The average Bonchev–Trinajstić information content (AvgIpc) is 3.55. The zero-order valence-electron chi connectivity index (χ0n) is 36.3. The van der Waals surface area contributed by atoms with E-state index in [1.807, 2.05) is 65.6 Å². The summed E-state index contributed by atoms with van der Waals surface area (Å²) in [5.41, 5.74) is 11.8. The molecule has 0 unspecified atom stereocenters. The fourth-order valence-corrected chi connectivity index (χ4v) is 9.31. The Hall–Kier alpha value is -7.22. The minimum absolute atomic E-state index is 0.0883. The Labute approximate surface area is 345 Å². The second-order valence-corrected chi connectivity index (χ2v) is 15.8. The topological polar surface area (TPSA) is 3.24 Å². The first-order chi connectivity index (χ1) is 30.2. The van der Waals surface area contributed by atoms with Crippen molar-refractivity contribution in [3.63, 3.8) is 0 Å². The van der Waals surface area contributed by atoms with E-state index in [0.29, 0.717) is 5.56 Å². The molecule has 274 valence electrons. The molecule has 0 fully saturated rings. The summed E-state index contributed by atoms with van der Waals surface area (Å²) in [5.74, 6) is 0. The van der Waals surface area contributed by atoms with Crippen molar-refractivity contribution in [1.82, 2.24) is 0 Å². The van der Waals surface area contributed by atoms with Crippen molar-refractivity contribution in [2.75, 3.05) is 4.90 Å². The third-order valence-electron chi connectivity index (χ3n) is 12.1. The summed E-state index contributed by atoms with van der Waals surface area (Å²) in [6.07, 6.45) is 0. The Kier molecular flexibility index (Phi) is 6.96. The van der Waals surface area contributed by atoms with Gasteiger partial charge in [-0.1, -0.05) is 184 Å². The molecule has 11 rings (SSSR count). The molecule has 0 aromatic heterocycles. The standard InChI is InChI=1S/C57H41N/c1-57(2)55-23-8-7-19-53(55)54-22-11-21-52(56(54)57)41-28-33-46(34-29-41)58(47-16-9-15-43(37-47)50-20-10-14-39-12-3-5-17-48(39)50)45-31-26-38(27-32-45)42-30-35-51-44(36-42)25-24-40-13-4-6-18-49(40)51/h3-37H,1-2H3/i26D,27D,31D,32D. The molecule has 1 aliphatic carbocycles. The van der Waals surface area contributed by atoms with Gasteiger partial charge in [-0.05, 0) is 130 Å². The van der Waals surface area contributed by atoms with E-state index in [2.05, 4.69) is 141 Å². The van der Waals surface area contributed by atoms with Gasteiger partial charge in [0.15, 0.2) is 0 Å². The van der Waals surface area contributed by atoms with Crippen molar-refractivity contribution in [2.24, 2.45) is 0 Å². The van der Waals surface area contributed by atoms with E-state index in [-0.39, 0.29) is 40.8 Å². The summed E-state index contributed by atoms with van der Waals surface area (Å²) in [5, 5.41) is 6.59. The predicted molar refractivity (Wildman–Crippen MR) is 248 cm³/mol. The Morgan fingerprint density at radius 2 is 0.966 bits per heavy atom. The van der Waals surface area contributed by atoms with Crippen LogP contribution in [0.5, 0.6) is 0 Å². The molecule has 0 radical (unpaired) electrons. The van der Waals surface area contributed by atoms with Crippen LogP contribution in [0.1, 0.15) is 30.5 Å². The van der Waals surface area contributed by atoms with Crippen LogP contribution in [-0.2, 0) is 5.41 Å². The number of hydrogen-bond donors (Lipinski definition) is 0. The van der Waals surface area contributed by atoms with Crippen molar-refractivity contribution in [3.8, 4) is 44.5 Å². The number of rotatable bonds is 6. The monoisotopic (exact) mass is 743 g/mol. The lowest BCUT2D eigenvalue weighted by molar-refractivity contribution is 0.662. The second kappa shape index (κ2) is 13.5. The first-order valence-electron chi connectivity index (χ1n) is 21.9. The van der Waals surface area contributed by atoms with E-state index in [0.717, 1.165) is 65.9 Å². The molecular weight excluding hydrogens is 699 g/mol. The van der Waals surface area contributed by atoms with Gasteiger partial charge in [-0.2, -0.15) is 0 Å². The molecule has 0 heterocycles. The number of fused-ring (bicyclic) bond motifs is 7. The van der Waals surface area contributed by atoms with Crippen LogP contribution < -0.4 is 4.90 Å². The molecular formula is C57H41N. The highest BCUT2D eigenvalue weighted by Crippen LogP contribution is 2.52. The van der Waals surface area contributed by atoms with Crippen LogP contribution in [0.2, 0.25) is 0 Å². The Bertz CT molecular complexity index is 3410. The number of benzene rings is 10. The highest BCUT2D eigenvalue weighted by molar-refractivity contribution is 6.08. The van der Waals surface area contributed by atoms with Gasteiger partial charge in [0.05, 0.1) is 5.48 Å². The largest absolute Gasteiger partial charge is 0.310 e. The van der Waals surface area contributed by atoms with Crippen LogP contribution in [0.3, 0.4) is 0 Å². The maximum Gasteiger partial charge on any atom is 0.0645 e. The third-order valence-corrected chi connectivity index (χ3v) is 12.1. The molecule has 58 heavy (non-hydrogen) atoms. The second-order valence-electron chi connectivity index (χ2n) is 15.8. The summed E-state index contributed by atoms with van der Waals surface area (Å²) in [6, 6.07) is 64.3. The molecule has 0 N–H and O–H groups in total. The average molecular weight is 744 g/mol. The van der Waals surface area contributed by atoms with Gasteiger partial charge in [0.25, 0.3) is 0 Å². The predicted octanol–water partition coefficient (Wildman–Crippen LogP) is 15.9. The van der Waals surface area contributed by atoms with Gasteiger partial charge in [0.1, 0.15) is 0 Å². The van der Waals surface area contributed by atoms with Gasteiger partial charge in [0.2, 0.25) is 0 Å². The van der Waals surface area contributed by atoms with Gasteiger partial charge >= 0.3 is 0 Å². The first kappa shape index (κ1) is 30.0. The summed E-state index contributed by atoms with van der Waals surface area (Å²) in [4.78, 5) is 1.89. The van der Waals surface area contributed by atoms with Crippen LogP contribution in [0.25, 0.3) is 76.8 Å². The molecule has 0 atom stereocenters. The SMILES string of the molecule is [2H]c1c([2H])c(N(c2ccc(-c3cccc4c3C(C)(C)c3ccccc3-4)cc2)c2cccc(-c3cccc4ccccc34)c2)c([2H])c([2H])c1-c1ccc2c(ccc3ccccc32)c1. The van der Waals surface area contributed by atoms with Crippen molar-refractivity contribution < 1.29 is 5.48 Å². The molecule has 1 aliphatic rings. The molecule has 0 aliphatic heterocycles. The molecule has 0 saturated heterocycles. The first-order valence-corrected chi connectivity index (χ1v) is 19.9. The van der Waals surface area contributed by atoms with E-state index in [1.165, 1.54) is 22.3 Å². The summed E-state index contributed by atoms with van der Waals surface area (Å²) < 4.78 is 38.4.